The molecule has 5 nitrogen and oxygen atoms in total. The van der Waals surface area contributed by atoms with Gasteiger partial charge in [0.05, 0.1) is 24.9 Å². The highest BCUT2D eigenvalue weighted by atomic mass is 32.2. The number of hydrogen-bond donors (Lipinski definition) is 0. The number of esters is 1. The molecule has 0 bridgehead atoms. The molecule has 1 fully saturated rings. The normalized spacial score (nSPS) is 25.9. The van der Waals surface area contributed by atoms with E-state index in [0.717, 1.165) is 12.4 Å². The lowest BCUT2D eigenvalue weighted by Crippen LogP contribution is -2.59. The summed E-state index contributed by atoms with van der Waals surface area (Å²) in [4.78, 5) is 22.1. The Morgan fingerprint density at radius 3 is 2.30 bits per heavy atom. The van der Waals surface area contributed by atoms with Crippen LogP contribution in [0.3, 0.4) is 0 Å². The van der Waals surface area contributed by atoms with Crippen molar-refractivity contribution in [2.24, 2.45) is 15.8 Å². The first-order valence-corrected chi connectivity index (χ1v) is 11.0. The van der Waals surface area contributed by atoms with E-state index in [9.17, 15) is 4.79 Å². The summed E-state index contributed by atoms with van der Waals surface area (Å²) in [5.74, 6) is 0.912. The molecule has 2 rings (SSSR count). The lowest BCUT2D eigenvalue weighted by atomic mass is 9.70. The van der Waals surface area contributed by atoms with Gasteiger partial charge in [0.1, 0.15) is 11.9 Å². The smallest absolute Gasteiger partial charge is 0.324 e. The molecule has 0 aliphatic carbocycles. The number of rotatable bonds is 3. The van der Waals surface area contributed by atoms with Crippen LogP contribution in [0.5, 0.6) is 0 Å². The van der Waals surface area contributed by atoms with Gasteiger partial charge in [-0.1, -0.05) is 41.5 Å². The van der Waals surface area contributed by atoms with Crippen molar-refractivity contribution < 1.29 is 9.53 Å². The van der Waals surface area contributed by atoms with Crippen LogP contribution >= 0.6 is 11.8 Å². The molecule has 2 aliphatic rings. The molecular formula is C21H37N3O2S. The van der Waals surface area contributed by atoms with Gasteiger partial charge in [-0.3, -0.25) is 14.7 Å². The number of thioether (sulfide) groups is 1. The quantitative estimate of drug-likeness (QED) is 0.683. The second-order valence-corrected chi connectivity index (χ2v) is 11.0. The van der Waals surface area contributed by atoms with E-state index in [1.165, 1.54) is 18.4 Å². The topological polar surface area (TPSA) is 45.1 Å². The number of fused-ring (bicyclic) bond motifs is 1. The van der Waals surface area contributed by atoms with Gasteiger partial charge in [-0.15, -0.1) is 0 Å². The molecule has 2 unspecified atom stereocenters. The lowest BCUT2D eigenvalue weighted by molar-refractivity contribution is -0.147. The summed E-state index contributed by atoms with van der Waals surface area (Å²) in [5, 5.41) is 0.271. The first-order valence-electron chi connectivity index (χ1n) is 9.72. The highest BCUT2D eigenvalue weighted by Crippen LogP contribution is 2.44. The lowest BCUT2D eigenvalue weighted by Gasteiger charge is -2.50. The van der Waals surface area contributed by atoms with E-state index >= 15 is 0 Å². The van der Waals surface area contributed by atoms with E-state index < -0.39 is 0 Å². The van der Waals surface area contributed by atoms with Crippen molar-refractivity contribution in [2.45, 2.75) is 65.8 Å². The number of carbonyl (C=O) groups excluding carboxylic acids is 1. The number of amidine groups is 1. The molecule has 0 saturated carbocycles. The zero-order chi connectivity index (χ0) is 20.7. The molecule has 27 heavy (non-hydrogen) atoms. The van der Waals surface area contributed by atoms with Gasteiger partial charge in [0.15, 0.2) is 0 Å². The van der Waals surface area contributed by atoms with Crippen molar-refractivity contribution in [3.05, 3.63) is 11.3 Å². The molecule has 3 atom stereocenters. The Balaban J connectivity index is 2.65. The third-order valence-corrected chi connectivity index (χ3v) is 6.47. The van der Waals surface area contributed by atoms with E-state index in [-0.39, 0.29) is 34.1 Å². The van der Waals surface area contributed by atoms with Crippen LogP contribution in [-0.2, 0) is 9.53 Å². The number of piperazine rings is 1. The number of ether oxygens (including phenoxy) is 1. The second kappa shape index (κ2) is 7.78. The molecule has 2 aliphatic heterocycles. The number of methoxy groups -OCH3 is 1. The fourth-order valence-corrected chi connectivity index (χ4v) is 4.43. The molecule has 0 radical (unpaired) electrons. The minimum Gasteiger partial charge on any atom is -0.468 e. The maximum absolute atomic E-state index is 12.3. The summed E-state index contributed by atoms with van der Waals surface area (Å²) in [7, 11) is 3.48. The summed E-state index contributed by atoms with van der Waals surface area (Å²) in [5.41, 5.74) is 2.74. The van der Waals surface area contributed by atoms with Gasteiger partial charge in [-0.05, 0) is 36.6 Å². The molecule has 154 valence electrons. The Morgan fingerprint density at radius 1 is 1.26 bits per heavy atom. The number of nitrogens with zero attached hydrogens (tertiary/aromatic N) is 3. The summed E-state index contributed by atoms with van der Waals surface area (Å²) in [6, 6.07) is -0.137. The largest absolute Gasteiger partial charge is 0.468 e. The summed E-state index contributed by atoms with van der Waals surface area (Å²) < 4.78 is 5.06. The van der Waals surface area contributed by atoms with E-state index in [1.807, 2.05) is 7.05 Å². The maximum Gasteiger partial charge on any atom is 0.324 e. The Bertz CT molecular complexity index is 643. The molecule has 0 spiro atoms. The molecule has 0 N–H and O–H groups in total. The SMILES string of the molecule is COC(=O)C1CN2C(C(C)SC)=N[C@@H](C(C)(C)C)C(C(C)(C)C)=C2CN1C. The zero-order valence-electron chi connectivity index (χ0n) is 18.7. The van der Waals surface area contributed by atoms with Gasteiger partial charge >= 0.3 is 5.97 Å². The van der Waals surface area contributed by atoms with Crippen molar-refractivity contribution in [1.82, 2.24) is 9.80 Å². The minimum absolute atomic E-state index is 0.00208. The Labute approximate surface area is 169 Å². The third kappa shape index (κ3) is 4.37. The summed E-state index contributed by atoms with van der Waals surface area (Å²) in [6.45, 7) is 17.2. The molecule has 0 amide bonds. The highest BCUT2D eigenvalue weighted by molar-refractivity contribution is 7.99. The number of hydrogen-bond acceptors (Lipinski definition) is 6. The van der Waals surface area contributed by atoms with Crippen LogP contribution in [-0.4, -0.2) is 72.4 Å². The molecule has 0 aromatic carbocycles. The third-order valence-electron chi connectivity index (χ3n) is 5.55. The number of likely N-dealkylation sites (N-methyl/N-ethyl adjacent to an activating group) is 1. The van der Waals surface area contributed by atoms with Crippen molar-refractivity contribution in [3.8, 4) is 0 Å². The van der Waals surface area contributed by atoms with Crippen LogP contribution in [0.1, 0.15) is 48.5 Å². The van der Waals surface area contributed by atoms with E-state index in [2.05, 4.69) is 64.5 Å². The van der Waals surface area contributed by atoms with Crippen molar-refractivity contribution >= 4 is 23.6 Å². The maximum atomic E-state index is 12.3. The van der Waals surface area contributed by atoms with Crippen molar-refractivity contribution in [3.63, 3.8) is 0 Å². The van der Waals surface area contributed by atoms with E-state index in [4.69, 9.17) is 9.73 Å². The monoisotopic (exact) mass is 395 g/mol. The van der Waals surface area contributed by atoms with Gasteiger partial charge < -0.3 is 9.64 Å². The van der Waals surface area contributed by atoms with Gasteiger partial charge in [-0.25, -0.2) is 0 Å². The van der Waals surface area contributed by atoms with Crippen LogP contribution in [0.25, 0.3) is 0 Å². The summed E-state index contributed by atoms with van der Waals surface area (Å²) >= 11 is 1.80. The van der Waals surface area contributed by atoms with Crippen LogP contribution < -0.4 is 0 Å². The van der Waals surface area contributed by atoms with Crippen LogP contribution in [0.15, 0.2) is 16.3 Å². The standard InChI is InChI=1S/C21H37N3O2S/c1-13(27-10)18-22-17(21(5,6)7)16(20(2,3)4)14-11-23(8)15(12-24(14)18)19(25)26-9/h13,15,17H,11-12H2,1-10H3/t13?,15?,17-/m1/s1. The predicted molar refractivity (Wildman–Crippen MR) is 115 cm³/mol. The van der Waals surface area contributed by atoms with Gasteiger partial charge in [0.2, 0.25) is 0 Å². The van der Waals surface area contributed by atoms with Crippen molar-refractivity contribution in [2.75, 3.05) is 33.5 Å². The highest BCUT2D eigenvalue weighted by Gasteiger charge is 2.45. The average Bonchev–Trinajstić information content (AvgIpc) is 2.56. The molecular weight excluding hydrogens is 358 g/mol. The Morgan fingerprint density at radius 2 is 1.85 bits per heavy atom. The Kier molecular flexibility index (Phi) is 6.42. The summed E-state index contributed by atoms with van der Waals surface area (Å²) in [6.07, 6.45) is 2.12. The number of aliphatic imine (C=N–C) groups is 1. The molecule has 6 heteroatoms. The fourth-order valence-electron chi connectivity index (χ4n) is 4.03. The van der Waals surface area contributed by atoms with Crippen LogP contribution in [0, 0.1) is 10.8 Å². The van der Waals surface area contributed by atoms with Gasteiger partial charge in [0.25, 0.3) is 0 Å². The van der Waals surface area contributed by atoms with E-state index in [1.54, 1.807) is 11.8 Å². The van der Waals surface area contributed by atoms with Gasteiger partial charge in [-0.2, -0.15) is 11.8 Å². The minimum atomic E-state index is -0.273. The first kappa shape index (κ1) is 22.3. The van der Waals surface area contributed by atoms with Crippen LogP contribution in [0.4, 0.5) is 0 Å². The van der Waals surface area contributed by atoms with Crippen molar-refractivity contribution in [1.29, 1.82) is 0 Å². The first-order chi connectivity index (χ1) is 12.3. The molecule has 2 heterocycles. The average molecular weight is 396 g/mol. The predicted octanol–water partition coefficient (Wildman–Crippen LogP) is 3.65. The van der Waals surface area contributed by atoms with Crippen LogP contribution in [0.2, 0.25) is 0 Å². The zero-order valence-corrected chi connectivity index (χ0v) is 19.5. The molecule has 1 saturated heterocycles. The molecule has 0 aromatic heterocycles. The number of carbonyl (C=O) groups is 1. The second-order valence-electron chi connectivity index (χ2n) is 9.81. The fraction of sp³-hybridized carbons (Fsp3) is 0.810. The Hall–Kier alpha value is -1.01. The van der Waals surface area contributed by atoms with E-state index in [0.29, 0.717) is 6.54 Å². The van der Waals surface area contributed by atoms with Gasteiger partial charge in [0, 0.05) is 12.2 Å². The molecule has 0 aromatic rings.